The quantitative estimate of drug-likeness (QED) is 0.736. The third kappa shape index (κ3) is 3.82. The van der Waals surface area contributed by atoms with E-state index in [0.29, 0.717) is 6.42 Å². The van der Waals surface area contributed by atoms with Crippen molar-refractivity contribution >= 4 is 5.97 Å². The van der Waals surface area contributed by atoms with Crippen molar-refractivity contribution < 1.29 is 15.0 Å². The highest BCUT2D eigenvalue weighted by Gasteiger charge is 2.29. The molecule has 3 unspecified atom stereocenters. The van der Waals surface area contributed by atoms with Crippen LogP contribution in [0.1, 0.15) is 45.4 Å². The molecule has 15 heavy (non-hydrogen) atoms. The molecule has 3 heteroatoms. The lowest BCUT2D eigenvalue weighted by Crippen LogP contribution is -2.28. The maximum absolute atomic E-state index is 10.7. The van der Waals surface area contributed by atoms with E-state index in [1.165, 1.54) is 0 Å². The highest BCUT2D eigenvalue weighted by atomic mass is 16.4. The summed E-state index contributed by atoms with van der Waals surface area (Å²) in [4.78, 5) is 10.7. The van der Waals surface area contributed by atoms with Gasteiger partial charge in [0.25, 0.3) is 0 Å². The second-order valence-electron chi connectivity index (χ2n) is 4.46. The molecule has 0 heterocycles. The minimum Gasteiger partial charge on any atom is -0.481 e. The maximum atomic E-state index is 10.7. The summed E-state index contributed by atoms with van der Waals surface area (Å²) >= 11 is 0. The Hall–Kier alpha value is -0.570. The van der Waals surface area contributed by atoms with E-state index in [-0.39, 0.29) is 17.9 Å². The molecule has 1 fully saturated rings. The zero-order valence-electron chi connectivity index (χ0n) is 9.35. The summed E-state index contributed by atoms with van der Waals surface area (Å²) in [6.07, 6.45) is 6.91. The van der Waals surface area contributed by atoms with Crippen molar-refractivity contribution in [2.75, 3.05) is 0 Å². The number of carboxylic acids is 1. The van der Waals surface area contributed by atoms with Crippen molar-refractivity contribution in [2.24, 2.45) is 11.8 Å². The van der Waals surface area contributed by atoms with Gasteiger partial charge in [-0.2, -0.15) is 0 Å². The van der Waals surface area contributed by atoms with Crippen LogP contribution in [0.3, 0.4) is 0 Å². The standard InChI is InChI=1S/C12H21O3/c1-2-3-4-11(13)9-5-7-10(8-6-9)12(14)15/h7,9-11,13H,2-6,8H2,1H3,(H,14,15). The molecule has 1 aliphatic rings. The van der Waals surface area contributed by atoms with Crippen molar-refractivity contribution in [1.29, 1.82) is 0 Å². The Morgan fingerprint density at radius 2 is 2.27 bits per heavy atom. The van der Waals surface area contributed by atoms with Gasteiger partial charge >= 0.3 is 5.97 Å². The summed E-state index contributed by atoms with van der Waals surface area (Å²) < 4.78 is 0. The number of carboxylic acid groups (broad SMARTS) is 1. The molecule has 1 radical (unpaired) electrons. The van der Waals surface area contributed by atoms with Crippen LogP contribution in [-0.2, 0) is 4.79 Å². The zero-order valence-corrected chi connectivity index (χ0v) is 9.35. The van der Waals surface area contributed by atoms with Gasteiger partial charge in [0.05, 0.1) is 12.0 Å². The normalized spacial score (nSPS) is 28.7. The van der Waals surface area contributed by atoms with E-state index >= 15 is 0 Å². The molecule has 1 aliphatic carbocycles. The number of unbranched alkanes of at least 4 members (excludes halogenated alkanes) is 1. The van der Waals surface area contributed by atoms with E-state index in [9.17, 15) is 9.90 Å². The molecule has 0 saturated heterocycles. The Balaban J connectivity index is 2.27. The van der Waals surface area contributed by atoms with Gasteiger partial charge in [-0.05, 0) is 38.0 Å². The summed E-state index contributed by atoms with van der Waals surface area (Å²) in [5.41, 5.74) is 0. The Morgan fingerprint density at radius 3 is 2.73 bits per heavy atom. The van der Waals surface area contributed by atoms with Gasteiger partial charge in [0.15, 0.2) is 0 Å². The van der Waals surface area contributed by atoms with E-state index < -0.39 is 5.97 Å². The Bertz CT molecular complexity index is 195. The first-order valence-corrected chi connectivity index (χ1v) is 5.89. The van der Waals surface area contributed by atoms with Crippen LogP contribution in [-0.4, -0.2) is 22.3 Å². The van der Waals surface area contributed by atoms with Gasteiger partial charge in [-0.15, -0.1) is 0 Å². The second-order valence-corrected chi connectivity index (χ2v) is 4.46. The minimum atomic E-state index is -0.725. The van der Waals surface area contributed by atoms with Gasteiger partial charge < -0.3 is 10.2 Å². The summed E-state index contributed by atoms with van der Waals surface area (Å²) in [5, 5.41) is 18.7. The first-order valence-electron chi connectivity index (χ1n) is 5.89. The predicted molar refractivity (Wildman–Crippen MR) is 58.3 cm³/mol. The molecule has 1 saturated carbocycles. The van der Waals surface area contributed by atoms with Crippen LogP contribution < -0.4 is 0 Å². The molecule has 0 aliphatic heterocycles. The summed E-state index contributed by atoms with van der Waals surface area (Å²) in [6.45, 7) is 2.11. The average Bonchev–Trinajstić information content (AvgIpc) is 2.26. The molecule has 1 rings (SSSR count). The lowest BCUT2D eigenvalue weighted by atomic mass is 9.78. The van der Waals surface area contributed by atoms with Gasteiger partial charge in [-0.25, -0.2) is 0 Å². The number of aliphatic hydroxyl groups excluding tert-OH is 1. The van der Waals surface area contributed by atoms with Gasteiger partial charge in [0.2, 0.25) is 0 Å². The number of hydrogen-bond acceptors (Lipinski definition) is 2. The molecule has 0 aromatic rings. The molecule has 3 nitrogen and oxygen atoms in total. The zero-order chi connectivity index (χ0) is 11.3. The number of hydrogen-bond donors (Lipinski definition) is 2. The number of carbonyl (C=O) groups is 1. The maximum Gasteiger partial charge on any atom is 0.306 e. The smallest absolute Gasteiger partial charge is 0.306 e. The molecule has 0 aromatic carbocycles. The largest absolute Gasteiger partial charge is 0.481 e. The molecular weight excluding hydrogens is 192 g/mol. The highest BCUT2D eigenvalue weighted by Crippen LogP contribution is 2.31. The monoisotopic (exact) mass is 213 g/mol. The molecule has 3 atom stereocenters. The van der Waals surface area contributed by atoms with Crippen LogP contribution >= 0.6 is 0 Å². The number of rotatable bonds is 5. The molecule has 0 spiro atoms. The summed E-state index contributed by atoms with van der Waals surface area (Å²) in [7, 11) is 0. The molecule has 0 bridgehead atoms. The van der Waals surface area contributed by atoms with Gasteiger partial charge in [0.1, 0.15) is 0 Å². The number of aliphatic carboxylic acids is 1. The van der Waals surface area contributed by atoms with Crippen LogP contribution in [0.25, 0.3) is 0 Å². The second kappa shape index (κ2) is 6.11. The average molecular weight is 213 g/mol. The molecule has 0 amide bonds. The van der Waals surface area contributed by atoms with Crippen LogP contribution in [0.2, 0.25) is 0 Å². The first-order chi connectivity index (χ1) is 7.15. The van der Waals surface area contributed by atoms with Crippen LogP contribution in [0.5, 0.6) is 0 Å². The van der Waals surface area contributed by atoms with Gasteiger partial charge in [-0.3, -0.25) is 4.79 Å². The van der Waals surface area contributed by atoms with Crippen LogP contribution in [0, 0.1) is 18.3 Å². The van der Waals surface area contributed by atoms with Crippen molar-refractivity contribution in [2.45, 2.75) is 51.6 Å². The molecular formula is C12H21O3. The predicted octanol–water partition coefficient (Wildman–Crippen LogP) is 2.24. The van der Waals surface area contributed by atoms with Crippen LogP contribution in [0.4, 0.5) is 0 Å². The SMILES string of the molecule is CCCCC(O)C1C[CH]C(C(=O)O)CC1. The third-order valence-electron chi connectivity index (χ3n) is 3.29. The van der Waals surface area contributed by atoms with Crippen molar-refractivity contribution in [3.05, 3.63) is 6.42 Å². The van der Waals surface area contributed by atoms with Crippen LogP contribution in [0.15, 0.2) is 0 Å². The van der Waals surface area contributed by atoms with Crippen molar-refractivity contribution in [1.82, 2.24) is 0 Å². The van der Waals surface area contributed by atoms with E-state index in [1.54, 1.807) is 0 Å². The topological polar surface area (TPSA) is 57.5 Å². The Kier molecular flexibility index (Phi) is 5.09. The number of aliphatic hydroxyl groups is 1. The summed E-state index contributed by atoms with van der Waals surface area (Å²) in [6, 6.07) is 0. The lowest BCUT2D eigenvalue weighted by Gasteiger charge is -2.29. The van der Waals surface area contributed by atoms with Crippen molar-refractivity contribution in [3.8, 4) is 0 Å². The first kappa shape index (κ1) is 12.5. The lowest BCUT2D eigenvalue weighted by molar-refractivity contribution is -0.141. The van der Waals surface area contributed by atoms with E-state index in [0.717, 1.165) is 32.1 Å². The Morgan fingerprint density at radius 1 is 1.53 bits per heavy atom. The fraction of sp³-hybridized carbons (Fsp3) is 0.833. The van der Waals surface area contributed by atoms with Crippen molar-refractivity contribution in [3.63, 3.8) is 0 Å². The van der Waals surface area contributed by atoms with E-state index in [1.807, 2.05) is 6.42 Å². The molecule has 0 aromatic heterocycles. The fourth-order valence-electron chi connectivity index (χ4n) is 2.19. The van der Waals surface area contributed by atoms with Gasteiger partial charge in [-0.1, -0.05) is 19.8 Å². The van der Waals surface area contributed by atoms with E-state index in [2.05, 4.69) is 6.92 Å². The fourth-order valence-corrected chi connectivity index (χ4v) is 2.19. The molecule has 87 valence electrons. The minimum absolute atomic E-state index is 0.240. The third-order valence-corrected chi connectivity index (χ3v) is 3.29. The summed E-state index contributed by atoms with van der Waals surface area (Å²) in [5.74, 6) is -0.733. The highest BCUT2D eigenvalue weighted by molar-refractivity contribution is 5.71. The Labute approximate surface area is 91.5 Å². The van der Waals surface area contributed by atoms with Gasteiger partial charge in [0, 0.05) is 0 Å². The van der Waals surface area contributed by atoms with E-state index in [4.69, 9.17) is 5.11 Å². The molecule has 2 N–H and O–H groups in total.